The molecule has 1 amide bonds. The molecule has 2 unspecified atom stereocenters. The van der Waals surface area contributed by atoms with Crippen LogP contribution in [0.4, 0.5) is 15.0 Å². The van der Waals surface area contributed by atoms with Gasteiger partial charge in [0.25, 0.3) is 0 Å². The molecule has 4 aliphatic heterocycles. The number of hydrogen-bond acceptors (Lipinski definition) is 10. The molecule has 0 saturated carbocycles. The van der Waals surface area contributed by atoms with Crippen LogP contribution in [0.25, 0.3) is 32.9 Å². The van der Waals surface area contributed by atoms with E-state index in [-0.39, 0.29) is 47.5 Å². The van der Waals surface area contributed by atoms with E-state index in [0.29, 0.717) is 55.3 Å². The van der Waals surface area contributed by atoms with Crippen molar-refractivity contribution in [2.75, 3.05) is 64.7 Å². The SMILES string of the molecule is COCOc1cc(-c2ncc3c(N4CC5CN(C(=O)OC(C)(C)C)CC5C4)nc(OCC45CCCN4CCC5)nc3c2F)c2ccccc2c1. The number of pyridine rings is 1. The van der Waals surface area contributed by atoms with Gasteiger partial charge in [-0.3, -0.25) is 9.88 Å². The zero-order chi connectivity index (χ0) is 34.6. The molecule has 11 nitrogen and oxygen atoms in total. The molecule has 2 atom stereocenters. The van der Waals surface area contributed by atoms with Gasteiger partial charge in [0, 0.05) is 56.9 Å². The molecule has 2 aromatic heterocycles. The first kappa shape index (κ1) is 32.9. The van der Waals surface area contributed by atoms with Gasteiger partial charge < -0.3 is 28.7 Å². The van der Waals surface area contributed by atoms with Gasteiger partial charge >= 0.3 is 12.1 Å². The zero-order valence-electron chi connectivity index (χ0n) is 29.3. The lowest BCUT2D eigenvalue weighted by Gasteiger charge is -2.31. The number of benzene rings is 2. The van der Waals surface area contributed by atoms with Crippen molar-refractivity contribution in [3.63, 3.8) is 0 Å². The summed E-state index contributed by atoms with van der Waals surface area (Å²) in [5.41, 5.74) is 0.375. The largest absolute Gasteiger partial charge is 0.468 e. The highest BCUT2D eigenvalue weighted by atomic mass is 19.1. The molecule has 0 bridgehead atoms. The van der Waals surface area contributed by atoms with E-state index >= 15 is 4.39 Å². The average molecular weight is 685 g/mol. The second kappa shape index (κ2) is 12.8. The Kier molecular flexibility index (Phi) is 8.42. The number of likely N-dealkylation sites (tertiary alicyclic amines) is 1. The molecule has 264 valence electrons. The van der Waals surface area contributed by atoms with Crippen molar-refractivity contribution < 1.29 is 28.1 Å². The van der Waals surface area contributed by atoms with Crippen LogP contribution in [0.1, 0.15) is 46.5 Å². The van der Waals surface area contributed by atoms with Crippen molar-refractivity contribution in [1.82, 2.24) is 24.8 Å². The third-order valence-electron chi connectivity index (χ3n) is 10.8. The molecule has 0 spiro atoms. The molecule has 2 aromatic carbocycles. The Morgan fingerprint density at radius 2 is 1.72 bits per heavy atom. The van der Waals surface area contributed by atoms with Crippen LogP contribution in [0, 0.1) is 17.7 Å². The maximum atomic E-state index is 17.0. The summed E-state index contributed by atoms with van der Waals surface area (Å²) in [7, 11) is 1.56. The highest BCUT2D eigenvalue weighted by molar-refractivity contribution is 6.00. The van der Waals surface area contributed by atoms with E-state index in [2.05, 4.69) is 9.80 Å². The molecule has 4 fully saturated rings. The summed E-state index contributed by atoms with van der Waals surface area (Å²) in [6.07, 6.45) is 5.85. The lowest BCUT2D eigenvalue weighted by molar-refractivity contribution is 0.0282. The molecule has 4 aromatic rings. The van der Waals surface area contributed by atoms with Crippen molar-refractivity contribution in [2.45, 2.75) is 57.6 Å². The fraction of sp³-hybridized carbons (Fsp3) is 0.526. The van der Waals surface area contributed by atoms with Crippen LogP contribution >= 0.6 is 0 Å². The monoisotopic (exact) mass is 684 g/mol. The predicted molar refractivity (Wildman–Crippen MR) is 188 cm³/mol. The van der Waals surface area contributed by atoms with E-state index in [1.165, 1.54) is 0 Å². The Balaban J connectivity index is 1.16. The second-order valence-electron chi connectivity index (χ2n) is 15.3. The van der Waals surface area contributed by atoms with Crippen molar-refractivity contribution >= 4 is 33.6 Å². The van der Waals surface area contributed by atoms with Crippen LogP contribution in [-0.2, 0) is 9.47 Å². The number of anilines is 1. The average Bonchev–Trinajstić information content (AvgIpc) is 3.86. The van der Waals surface area contributed by atoms with Crippen molar-refractivity contribution in [1.29, 1.82) is 0 Å². The molecular weight excluding hydrogens is 639 g/mol. The number of carbonyl (C=O) groups is 1. The summed E-state index contributed by atoms with van der Waals surface area (Å²) in [5, 5.41) is 2.27. The summed E-state index contributed by atoms with van der Waals surface area (Å²) >= 11 is 0. The number of fused-ring (bicyclic) bond motifs is 4. The van der Waals surface area contributed by atoms with Gasteiger partial charge in [0.1, 0.15) is 35.0 Å². The Hall–Kier alpha value is -4.29. The first-order chi connectivity index (χ1) is 24.1. The third-order valence-corrected chi connectivity index (χ3v) is 10.8. The Bertz CT molecular complexity index is 1910. The fourth-order valence-electron chi connectivity index (χ4n) is 8.51. The number of hydrogen-bond donors (Lipinski definition) is 0. The minimum atomic E-state index is -0.550. The van der Waals surface area contributed by atoms with Gasteiger partial charge in [-0.2, -0.15) is 9.97 Å². The minimum absolute atomic E-state index is 0.0161. The fourth-order valence-corrected chi connectivity index (χ4v) is 8.51. The number of methoxy groups -OCH3 is 1. The van der Waals surface area contributed by atoms with E-state index < -0.39 is 11.4 Å². The quantitative estimate of drug-likeness (QED) is 0.197. The highest BCUT2D eigenvalue weighted by Gasteiger charge is 2.46. The highest BCUT2D eigenvalue weighted by Crippen LogP contribution is 2.42. The van der Waals surface area contributed by atoms with Gasteiger partial charge in [-0.05, 0) is 82.4 Å². The maximum Gasteiger partial charge on any atom is 0.410 e. The molecular formula is C38H45FN6O5. The normalized spacial score (nSPS) is 21.6. The van der Waals surface area contributed by atoms with Crippen LogP contribution in [0.3, 0.4) is 0 Å². The van der Waals surface area contributed by atoms with Gasteiger partial charge in [-0.1, -0.05) is 24.3 Å². The molecule has 0 aliphatic carbocycles. The predicted octanol–water partition coefficient (Wildman–Crippen LogP) is 6.28. The first-order valence-corrected chi connectivity index (χ1v) is 17.7. The molecule has 8 rings (SSSR count). The summed E-state index contributed by atoms with van der Waals surface area (Å²) in [6, 6.07) is 11.7. The van der Waals surface area contributed by atoms with Crippen LogP contribution in [0.15, 0.2) is 42.6 Å². The van der Waals surface area contributed by atoms with E-state index in [4.69, 9.17) is 33.9 Å². The van der Waals surface area contributed by atoms with Crippen molar-refractivity contribution in [3.8, 4) is 23.0 Å². The standard InChI is InChI=1S/C38H45FN6O5/c1-37(2,3)50-36(46)44-20-25-18-43(19-26(25)21-44)34-30-17-40-32(29-16-27(49-23-47-4)15-24-9-5-6-10-28(24)29)31(39)33(30)41-35(42-34)48-22-38-11-7-13-45(38)14-8-12-38/h5-6,9-10,15-17,25-26H,7-8,11-14,18-23H2,1-4H3. The lowest BCUT2D eigenvalue weighted by Crippen LogP contribution is -2.43. The molecule has 0 radical (unpaired) electrons. The van der Waals surface area contributed by atoms with Crippen LogP contribution in [-0.4, -0.2) is 102 Å². The number of ether oxygens (including phenoxy) is 4. The van der Waals surface area contributed by atoms with Crippen molar-refractivity contribution in [3.05, 3.63) is 48.4 Å². The topological polar surface area (TPSA) is 102 Å². The number of nitrogens with zero attached hydrogens (tertiary/aromatic N) is 6. The summed E-state index contributed by atoms with van der Waals surface area (Å²) in [4.78, 5) is 33.8. The molecule has 6 heterocycles. The van der Waals surface area contributed by atoms with E-state index in [1.54, 1.807) is 24.3 Å². The molecule has 4 saturated heterocycles. The molecule has 12 heteroatoms. The molecule has 0 N–H and O–H groups in total. The van der Waals surface area contributed by atoms with Gasteiger partial charge in [-0.25, -0.2) is 9.18 Å². The number of amides is 1. The van der Waals surface area contributed by atoms with Crippen LogP contribution < -0.4 is 14.4 Å². The Labute approximate surface area is 291 Å². The van der Waals surface area contributed by atoms with Gasteiger partial charge in [0.05, 0.1) is 10.9 Å². The van der Waals surface area contributed by atoms with Crippen LogP contribution in [0.5, 0.6) is 11.8 Å². The van der Waals surface area contributed by atoms with Gasteiger partial charge in [0.2, 0.25) is 0 Å². The van der Waals surface area contributed by atoms with Crippen LogP contribution in [0.2, 0.25) is 0 Å². The first-order valence-electron chi connectivity index (χ1n) is 17.7. The lowest BCUT2D eigenvalue weighted by atomic mass is 9.95. The van der Waals surface area contributed by atoms with Gasteiger partial charge in [0.15, 0.2) is 12.6 Å². The third kappa shape index (κ3) is 6.06. The second-order valence-corrected chi connectivity index (χ2v) is 15.3. The zero-order valence-corrected chi connectivity index (χ0v) is 29.3. The van der Waals surface area contributed by atoms with E-state index in [1.807, 2.05) is 51.1 Å². The van der Waals surface area contributed by atoms with Crippen molar-refractivity contribution in [2.24, 2.45) is 11.8 Å². The number of halogens is 1. The minimum Gasteiger partial charge on any atom is -0.468 e. The summed E-state index contributed by atoms with van der Waals surface area (Å²) in [5.74, 6) is 1.09. The maximum absolute atomic E-state index is 17.0. The number of aromatic nitrogens is 3. The number of carbonyl (C=O) groups excluding carboxylic acids is 1. The van der Waals surface area contributed by atoms with E-state index in [9.17, 15) is 4.79 Å². The number of rotatable bonds is 8. The van der Waals surface area contributed by atoms with Gasteiger partial charge in [-0.15, -0.1) is 0 Å². The summed E-state index contributed by atoms with van der Waals surface area (Å²) < 4.78 is 40.0. The van der Waals surface area contributed by atoms with E-state index in [0.717, 1.165) is 49.5 Å². The Morgan fingerprint density at radius 1 is 0.980 bits per heavy atom. The Morgan fingerprint density at radius 3 is 2.44 bits per heavy atom. The summed E-state index contributed by atoms with van der Waals surface area (Å²) in [6.45, 7) is 10.9. The molecule has 4 aliphatic rings. The smallest absolute Gasteiger partial charge is 0.410 e. The molecule has 50 heavy (non-hydrogen) atoms.